The zero-order valence-corrected chi connectivity index (χ0v) is 23.5. The Kier molecular flexibility index (Phi) is 7.34. The number of alkyl halides is 1. The summed E-state index contributed by atoms with van der Waals surface area (Å²) in [6, 6.07) is -0.632. The molecule has 3 saturated heterocycles. The van der Waals surface area contributed by atoms with Gasteiger partial charge in [0.15, 0.2) is 11.0 Å². The zero-order chi connectivity index (χ0) is 28.1. The van der Waals surface area contributed by atoms with E-state index < -0.39 is 29.2 Å². The molecular formula is C27H35ClF2N6O3. The molecule has 0 bridgehead atoms. The van der Waals surface area contributed by atoms with E-state index >= 15 is 4.39 Å². The number of hydrogen-bond donors (Lipinski definition) is 0. The van der Waals surface area contributed by atoms with E-state index in [-0.39, 0.29) is 35.4 Å². The first-order chi connectivity index (χ1) is 18.4. The van der Waals surface area contributed by atoms with Crippen molar-refractivity contribution in [3.8, 4) is 6.01 Å². The lowest BCUT2D eigenvalue weighted by Crippen LogP contribution is -2.46. The molecule has 3 aliphatic heterocycles. The maximum Gasteiger partial charge on any atom is 0.410 e. The minimum absolute atomic E-state index is 0.0189. The van der Waals surface area contributed by atoms with Crippen LogP contribution in [0.5, 0.6) is 6.01 Å². The van der Waals surface area contributed by atoms with Crippen LogP contribution >= 0.6 is 11.6 Å². The summed E-state index contributed by atoms with van der Waals surface area (Å²) in [6.45, 7) is 11.3. The largest absolute Gasteiger partial charge is 0.461 e. The van der Waals surface area contributed by atoms with Gasteiger partial charge in [-0.2, -0.15) is 9.97 Å². The monoisotopic (exact) mass is 564 g/mol. The third-order valence-electron chi connectivity index (χ3n) is 7.95. The first-order valence-corrected chi connectivity index (χ1v) is 13.7. The number of pyridine rings is 1. The van der Waals surface area contributed by atoms with Gasteiger partial charge >= 0.3 is 12.1 Å². The van der Waals surface area contributed by atoms with Gasteiger partial charge in [0.05, 0.1) is 23.0 Å². The van der Waals surface area contributed by atoms with E-state index in [1.165, 1.54) is 6.20 Å². The second-order valence-corrected chi connectivity index (χ2v) is 12.0. The number of likely N-dealkylation sites (N-methyl/N-ethyl adjacent to an activating group) is 1. The molecule has 12 heteroatoms. The number of anilines is 1. The van der Waals surface area contributed by atoms with E-state index in [1.807, 2.05) is 32.7 Å². The topological polar surface area (TPSA) is 83.9 Å². The maximum atomic E-state index is 15.2. The molecule has 0 saturated carbocycles. The molecule has 0 N–H and O–H groups in total. The summed E-state index contributed by atoms with van der Waals surface area (Å²) in [7, 11) is 1.82. The molecule has 39 heavy (non-hydrogen) atoms. The number of halogens is 3. The lowest BCUT2D eigenvalue weighted by Gasteiger charge is -2.33. The molecule has 2 aromatic heterocycles. The number of carbonyl (C=O) groups is 1. The van der Waals surface area contributed by atoms with Crippen molar-refractivity contribution < 1.29 is 23.0 Å². The highest BCUT2D eigenvalue weighted by Gasteiger charge is 2.49. The molecular weight excluding hydrogens is 530 g/mol. The third-order valence-corrected chi connectivity index (χ3v) is 8.22. The Morgan fingerprint density at radius 1 is 1.36 bits per heavy atom. The molecule has 0 aliphatic carbocycles. The third kappa shape index (κ3) is 5.23. The van der Waals surface area contributed by atoms with E-state index in [9.17, 15) is 9.18 Å². The van der Waals surface area contributed by atoms with E-state index in [0.717, 1.165) is 19.4 Å². The highest BCUT2D eigenvalue weighted by Crippen LogP contribution is 2.41. The normalized spacial score (nSPS) is 27.2. The highest BCUT2D eigenvalue weighted by molar-refractivity contribution is 6.30. The molecule has 212 valence electrons. The van der Waals surface area contributed by atoms with Crippen LogP contribution < -0.4 is 9.64 Å². The van der Waals surface area contributed by atoms with Crippen LogP contribution in [0.15, 0.2) is 18.9 Å². The predicted molar refractivity (Wildman–Crippen MR) is 145 cm³/mol. The van der Waals surface area contributed by atoms with Crippen LogP contribution in [-0.4, -0.2) is 93.5 Å². The fraction of sp³-hybridized carbons (Fsp3) is 0.630. The summed E-state index contributed by atoms with van der Waals surface area (Å²) >= 11 is 6.00. The Hall–Kier alpha value is -2.79. The molecule has 9 nitrogen and oxygen atoms in total. The molecule has 0 aromatic carbocycles. The second kappa shape index (κ2) is 10.3. The Balaban J connectivity index is 1.46. The standard InChI is InChI=1S/C27H35ClF2N6O3/c1-6-18-19(8-11-36(18)25(37)39-26(2,3)4)34(5)23-17-13-31-22(28)20(30)21(17)32-24(33-23)38-15-27-9-7-10-35(27)14-16(29)12-27/h6,13,16,18-19H,1,7-12,14-15H2,2-5H3/t16-,18-,19-,27+/m1/s1. The van der Waals surface area contributed by atoms with E-state index in [2.05, 4.69) is 26.4 Å². The van der Waals surface area contributed by atoms with Crippen molar-refractivity contribution in [2.45, 2.75) is 75.8 Å². The number of ether oxygens (including phenoxy) is 2. The fourth-order valence-corrected chi connectivity index (χ4v) is 6.32. The van der Waals surface area contributed by atoms with Crippen molar-refractivity contribution in [1.29, 1.82) is 0 Å². The maximum absolute atomic E-state index is 15.2. The van der Waals surface area contributed by atoms with Gasteiger partial charge in [-0.3, -0.25) is 9.80 Å². The predicted octanol–water partition coefficient (Wildman–Crippen LogP) is 4.77. The molecule has 4 atom stereocenters. The number of hydrogen-bond acceptors (Lipinski definition) is 8. The first kappa shape index (κ1) is 27.8. The molecule has 1 amide bonds. The zero-order valence-electron chi connectivity index (χ0n) is 22.8. The summed E-state index contributed by atoms with van der Waals surface area (Å²) in [4.78, 5) is 31.5. The van der Waals surface area contributed by atoms with Gasteiger partial charge in [-0.25, -0.2) is 18.6 Å². The van der Waals surface area contributed by atoms with Crippen molar-refractivity contribution in [1.82, 2.24) is 24.8 Å². The van der Waals surface area contributed by atoms with Crippen LogP contribution in [0.3, 0.4) is 0 Å². The quantitative estimate of drug-likeness (QED) is 0.366. The summed E-state index contributed by atoms with van der Waals surface area (Å²) < 4.78 is 41.1. The van der Waals surface area contributed by atoms with Crippen molar-refractivity contribution in [2.75, 3.05) is 38.2 Å². The van der Waals surface area contributed by atoms with E-state index in [4.69, 9.17) is 21.1 Å². The van der Waals surface area contributed by atoms with Gasteiger partial charge in [0, 0.05) is 32.8 Å². The molecule has 5 rings (SSSR count). The summed E-state index contributed by atoms with van der Waals surface area (Å²) in [5.41, 5.74) is -1.07. The number of fused-ring (bicyclic) bond motifs is 2. The molecule has 0 unspecified atom stereocenters. The van der Waals surface area contributed by atoms with Crippen LogP contribution in [0, 0.1) is 5.82 Å². The molecule has 0 radical (unpaired) electrons. The van der Waals surface area contributed by atoms with E-state index in [1.54, 1.807) is 11.0 Å². The lowest BCUT2D eigenvalue weighted by atomic mass is 9.95. The van der Waals surface area contributed by atoms with Crippen LogP contribution in [0.4, 0.5) is 19.4 Å². The van der Waals surface area contributed by atoms with Crippen molar-refractivity contribution in [2.24, 2.45) is 0 Å². The van der Waals surface area contributed by atoms with Crippen LogP contribution in [0.25, 0.3) is 10.9 Å². The van der Waals surface area contributed by atoms with Gasteiger partial charge < -0.3 is 14.4 Å². The van der Waals surface area contributed by atoms with Crippen LogP contribution in [0.1, 0.15) is 46.5 Å². The summed E-state index contributed by atoms with van der Waals surface area (Å²) in [6.07, 6.45) is 4.59. The van der Waals surface area contributed by atoms with Crippen molar-refractivity contribution in [3.05, 3.63) is 29.8 Å². The molecule has 0 spiro atoms. The number of nitrogens with zero attached hydrogens (tertiary/aromatic N) is 6. The molecule has 2 aromatic rings. The SMILES string of the molecule is C=C[C@@H]1[C@H](N(C)c2nc(OC[C@@]34CCCN3C[C@H](F)C4)nc3c(F)c(Cl)ncc23)CCN1C(=O)OC(C)(C)C. The van der Waals surface area contributed by atoms with Gasteiger partial charge in [-0.1, -0.05) is 17.7 Å². The first-order valence-electron chi connectivity index (χ1n) is 13.3. The van der Waals surface area contributed by atoms with Crippen LogP contribution in [-0.2, 0) is 4.74 Å². The highest BCUT2D eigenvalue weighted by atomic mass is 35.5. The smallest absolute Gasteiger partial charge is 0.410 e. The minimum atomic E-state index is -0.901. The average Bonchev–Trinajstić information content (AvgIpc) is 3.55. The fourth-order valence-electron chi connectivity index (χ4n) is 6.18. The van der Waals surface area contributed by atoms with Gasteiger partial charge in [0.1, 0.15) is 29.7 Å². The van der Waals surface area contributed by atoms with Crippen molar-refractivity contribution in [3.63, 3.8) is 0 Å². The van der Waals surface area contributed by atoms with Gasteiger partial charge in [-0.15, -0.1) is 6.58 Å². The Labute approximate surface area is 232 Å². The number of aromatic nitrogens is 3. The van der Waals surface area contributed by atoms with Gasteiger partial charge in [0.25, 0.3) is 0 Å². The van der Waals surface area contributed by atoms with Gasteiger partial charge in [0.2, 0.25) is 0 Å². The number of rotatable bonds is 6. The number of amides is 1. The van der Waals surface area contributed by atoms with Crippen molar-refractivity contribution >= 4 is 34.4 Å². The Bertz CT molecular complexity index is 1280. The average molecular weight is 565 g/mol. The Morgan fingerprint density at radius 3 is 2.85 bits per heavy atom. The number of likely N-dealkylation sites (tertiary alicyclic amines) is 1. The Morgan fingerprint density at radius 2 is 2.13 bits per heavy atom. The summed E-state index contributed by atoms with van der Waals surface area (Å²) in [5.74, 6) is -0.389. The second-order valence-electron chi connectivity index (χ2n) is 11.7. The van der Waals surface area contributed by atoms with Gasteiger partial charge in [-0.05, 0) is 46.6 Å². The molecule has 5 heterocycles. The molecule has 3 fully saturated rings. The lowest BCUT2D eigenvalue weighted by molar-refractivity contribution is 0.0251. The minimum Gasteiger partial charge on any atom is -0.461 e. The summed E-state index contributed by atoms with van der Waals surface area (Å²) in [5, 5.41) is 0.0499. The van der Waals surface area contributed by atoms with E-state index in [0.29, 0.717) is 37.1 Å². The van der Waals surface area contributed by atoms with Crippen LogP contribution in [0.2, 0.25) is 5.15 Å². The molecule has 3 aliphatic rings. The number of carbonyl (C=O) groups excluding carboxylic acids is 1.